The molecule has 1 aliphatic heterocycles. The van der Waals surface area contributed by atoms with Crippen LogP contribution in [0.15, 0.2) is 83.7 Å². The zero-order valence-electron chi connectivity index (χ0n) is 18.7. The van der Waals surface area contributed by atoms with Gasteiger partial charge >= 0.3 is 11.9 Å². The smallest absolute Gasteiger partial charge is 0.335 e. The summed E-state index contributed by atoms with van der Waals surface area (Å²) in [4.78, 5) is 33.8. The van der Waals surface area contributed by atoms with Crippen molar-refractivity contribution in [3.05, 3.63) is 107 Å². The lowest BCUT2D eigenvalue weighted by atomic mass is 10.0. The Bertz CT molecular complexity index is 1410. The molecule has 4 aromatic rings. The second kappa shape index (κ2) is 9.59. The predicted molar refractivity (Wildman–Crippen MR) is 133 cm³/mol. The third kappa shape index (κ3) is 4.53. The van der Waals surface area contributed by atoms with Crippen molar-refractivity contribution < 1.29 is 24.2 Å². The Morgan fingerprint density at radius 1 is 1.00 bits per heavy atom. The quantitative estimate of drug-likeness (QED) is 0.316. The summed E-state index contributed by atoms with van der Waals surface area (Å²) in [7, 11) is 0. The minimum Gasteiger partial charge on any atom is -0.478 e. The van der Waals surface area contributed by atoms with E-state index in [1.54, 1.807) is 30.7 Å². The molecule has 36 heavy (non-hydrogen) atoms. The largest absolute Gasteiger partial charge is 0.478 e. The number of carboxylic acids is 2. The zero-order valence-corrected chi connectivity index (χ0v) is 19.6. The summed E-state index contributed by atoms with van der Waals surface area (Å²) >= 11 is 5.68. The average molecular weight is 501 g/mol. The minimum absolute atomic E-state index is 0.142. The summed E-state index contributed by atoms with van der Waals surface area (Å²) < 4.78 is 6.22. The number of carboxylic acid groups (broad SMARTS) is 2. The van der Waals surface area contributed by atoms with Crippen molar-refractivity contribution in [3.63, 3.8) is 0 Å². The Kier molecular flexibility index (Phi) is 6.17. The third-order valence-electron chi connectivity index (χ3n) is 5.90. The SMILES string of the molecule is O=C(O)c1cc(C(=O)O)cc(-c2ccc([C@H]3[C@@H](c4ccccn4)NC(=S)N3Cc3cccnc3)o2)c1. The molecule has 3 N–H and O–H groups in total. The molecule has 1 aromatic carbocycles. The van der Waals surface area contributed by atoms with Gasteiger partial charge in [0.15, 0.2) is 5.11 Å². The molecule has 1 aliphatic rings. The summed E-state index contributed by atoms with van der Waals surface area (Å²) in [6, 6.07) is 16.1. The number of furan rings is 1. The maximum Gasteiger partial charge on any atom is 0.335 e. The highest BCUT2D eigenvalue weighted by atomic mass is 32.1. The number of nitrogens with one attached hydrogen (secondary N) is 1. The van der Waals surface area contributed by atoms with Crippen molar-refractivity contribution >= 4 is 29.3 Å². The van der Waals surface area contributed by atoms with E-state index in [2.05, 4.69) is 15.3 Å². The average Bonchev–Trinajstić information content (AvgIpc) is 3.50. The molecule has 0 spiro atoms. The van der Waals surface area contributed by atoms with Gasteiger partial charge in [-0.1, -0.05) is 12.1 Å². The van der Waals surface area contributed by atoms with Crippen LogP contribution < -0.4 is 5.32 Å². The highest BCUT2D eigenvalue weighted by Gasteiger charge is 2.41. The first-order valence-corrected chi connectivity index (χ1v) is 11.4. The maximum absolute atomic E-state index is 11.6. The normalized spacial score (nSPS) is 17.1. The Morgan fingerprint density at radius 2 is 1.78 bits per heavy atom. The van der Waals surface area contributed by atoms with E-state index < -0.39 is 11.9 Å². The topological polar surface area (TPSA) is 129 Å². The Labute approximate surface area is 211 Å². The molecule has 0 aliphatic carbocycles. The standard InChI is InChI=1S/C26H20N4O5S/c31-24(32)17-10-16(11-18(12-17)25(33)34)20-6-7-21(35-20)23-22(19-5-1-2-9-28-19)29-26(36)30(23)14-15-4-3-8-27-13-15/h1-13,22-23H,14H2,(H,29,36)(H,31,32)(H,33,34)/t22-,23+/m1/s1. The zero-order chi connectivity index (χ0) is 25.2. The van der Waals surface area contributed by atoms with Gasteiger partial charge in [-0.2, -0.15) is 0 Å². The van der Waals surface area contributed by atoms with Crippen molar-refractivity contribution in [2.24, 2.45) is 0 Å². The molecule has 0 saturated carbocycles. The molecule has 10 heteroatoms. The van der Waals surface area contributed by atoms with Gasteiger partial charge in [0, 0.05) is 30.7 Å². The number of hydrogen-bond acceptors (Lipinski definition) is 6. The fourth-order valence-electron chi connectivity index (χ4n) is 4.26. The fourth-order valence-corrected chi connectivity index (χ4v) is 4.56. The lowest BCUT2D eigenvalue weighted by Crippen LogP contribution is -2.29. The van der Waals surface area contributed by atoms with Crippen molar-refractivity contribution in [2.75, 3.05) is 0 Å². The van der Waals surface area contributed by atoms with Crippen molar-refractivity contribution in [2.45, 2.75) is 18.6 Å². The second-order valence-electron chi connectivity index (χ2n) is 8.23. The maximum atomic E-state index is 11.6. The molecule has 0 amide bonds. The highest BCUT2D eigenvalue weighted by molar-refractivity contribution is 7.80. The molecule has 180 valence electrons. The van der Waals surface area contributed by atoms with Crippen LogP contribution >= 0.6 is 12.2 Å². The van der Waals surface area contributed by atoms with Gasteiger partial charge in [-0.15, -0.1) is 0 Å². The summed E-state index contributed by atoms with van der Waals surface area (Å²) in [5.41, 5.74) is 1.80. The van der Waals surface area contributed by atoms with Gasteiger partial charge in [0.1, 0.15) is 17.6 Å². The molecule has 0 unspecified atom stereocenters. The van der Waals surface area contributed by atoms with E-state index in [0.717, 1.165) is 17.3 Å². The van der Waals surface area contributed by atoms with Crippen LogP contribution in [0, 0.1) is 0 Å². The Hall–Kier alpha value is -4.57. The first-order valence-electron chi connectivity index (χ1n) is 11.0. The van der Waals surface area contributed by atoms with Gasteiger partial charge in [-0.05, 0) is 66.3 Å². The summed E-state index contributed by atoms with van der Waals surface area (Å²) in [5, 5.41) is 22.8. The Balaban J connectivity index is 1.56. The van der Waals surface area contributed by atoms with Crippen LogP contribution in [0.5, 0.6) is 0 Å². The third-order valence-corrected chi connectivity index (χ3v) is 6.26. The van der Waals surface area contributed by atoms with Gasteiger partial charge in [0.2, 0.25) is 0 Å². The van der Waals surface area contributed by atoms with Crippen LogP contribution in [0.25, 0.3) is 11.3 Å². The summed E-state index contributed by atoms with van der Waals surface area (Å²) in [6.45, 7) is 0.474. The van der Waals surface area contributed by atoms with Gasteiger partial charge in [-0.25, -0.2) is 9.59 Å². The van der Waals surface area contributed by atoms with Crippen molar-refractivity contribution in [1.82, 2.24) is 20.2 Å². The monoisotopic (exact) mass is 500 g/mol. The molecule has 3 aromatic heterocycles. The summed E-state index contributed by atoms with van der Waals surface area (Å²) in [6.07, 6.45) is 5.18. The van der Waals surface area contributed by atoms with E-state index in [0.29, 0.717) is 28.7 Å². The van der Waals surface area contributed by atoms with Crippen LogP contribution in [-0.4, -0.2) is 42.1 Å². The van der Waals surface area contributed by atoms with E-state index in [4.69, 9.17) is 16.6 Å². The molecule has 9 nitrogen and oxygen atoms in total. The van der Waals surface area contributed by atoms with Gasteiger partial charge in [-0.3, -0.25) is 9.97 Å². The molecular weight excluding hydrogens is 480 g/mol. The van der Waals surface area contributed by atoms with Crippen LogP contribution in [0.4, 0.5) is 0 Å². The Morgan fingerprint density at radius 3 is 2.42 bits per heavy atom. The predicted octanol–water partition coefficient (Wildman–Crippen LogP) is 4.31. The molecule has 2 atom stereocenters. The van der Waals surface area contributed by atoms with E-state index in [1.807, 2.05) is 35.2 Å². The number of thiocarbonyl (C=S) groups is 1. The fraction of sp³-hybridized carbons (Fsp3) is 0.115. The lowest BCUT2D eigenvalue weighted by Gasteiger charge is -2.26. The molecule has 1 fully saturated rings. The van der Waals surface area contributed by atoms with Crippen LogP contribution in [0.2, 0.25) is 0 Å². The van der Waals surface area contributed by atoms with Crippen molar-refractivity contribution in [3.8, 4) is 11.3 Å². The van der Waals surface area contributed by atoms with E-state index in [-0.39, 0.29) is 23.2 Å². The molecular formula is C26H20N4O5S. The van der Waals surface area contributed by atoms with Crippen LogP contribution in [0.3, 0.4) is 0 Å². The molecule has 4 heterocycles. The van der Waals surface area contributed by atoms with Gasteiger partial charge < -0.3 is 24.8 Å². The number of aromatic carboxylic acids is 2. The summed E-state index contributed by atoms with van der Waals surface area (Å²) in [5.74, 6) is -1.55. The van der Waals surface area contributed by atoms with Gasteiger partial charge in [0.05, 0.1) is 22.9 Å². The van der Waals surface area contributed by atoms with Crippen LogP contribution in [-0.2, 0) is 6.54 Å². The van der Waals surface area contributed by atoms with E-state index >= 15 is 0 Å². The highest BCUT2D eigenvalue weighted by Crippen LogP contribution is 2.41. The number of hydrogen-bond donors (Lipinski definition) is 3. The number of pyridine rings is 2. The molecule has 5 rings (SSSR count). The number of nitrogens with zero attached hydrogens (tertiary/aromatic N) is 3. The van der Waals surface area contributed by atoms with Crippen LogP contribution in [0.1, 0.15) is 49.8 Å². The second-order valence-corrected chi connectivity index (χ2v) is 8.61. The number of rotatable bonds is 7. The van der Waals surface area contributed by atoms with E-state index in [9.17, 15) is 19.8 Å². The van der Waals surface area contributed by atoms with Crippen molar-refractivity contribution in [1.29, 1.82) is 0 Å². The lowest BCUT2D eigenvalue weighted by molar-refractivity contribution is 0.0696. The van der Waals surface area contributed by atoms with Gasteiger partial charge in [0.25, 0.3) is 0 Å². The number of aromatic nitrogens is 2. The molecule has 1 saturated heterocycles. The molecule has 0 bridgehead atoms. The molecule has 0 radical (unpaired) electrons. The minimum atomic E-state index is -1.23. The van der Waals surface area contributed by atoms with E-state index in [1.165, 1.54) is 12.1 Å². The first-order chi connectivity index (χ1) is 17.4. The first kappa shape index (κ1) is 23.2. The number of benzene rings is 1. The number of carbonyl (C=O) groups is 2.